The Labute approximate surface area is 126 Å². The molecule has 1 aromatic carbocycles. The highest BCUT2D eigenvalue weighted by atomic mass is 35.5. The lowest BCUT2D eigenvalue weighted by Gasteiger charge is -2.05. The van der Waals surface area contributed by atoms with Crippen molar-refractivity contribution >= 4 is 41.2 Å². The van der Waals surface area contributed by atoms with Crippen LogP contribution in [0.2, 0.25) is 0 Å². The predicted molar refractivity (Wildman–Crippen MR) is 78.6 cm³/mol. The third-order valence-electron chi connectivity index (χ3n) is 2.73. The third-order valence-corrected chi connectivity index (χ3v) is 2.73. The molecule has 0 bridgehead atoms. The van der Waals surface area contributed by atoms with Crippen molar-refractivity contribution in [3.05, 3.63) is 24.0 Å². The first-order valence-corrected chi connectivity index (χ1v) is 5.90. The molecular formula is C12H15ClFN5O2. The van der Waals surface area contributed by atoms with E-state index in [9.17, 15) is 14.0 Å². The Bertz CT molecular complexity index is 673. The van der Waals surface area contributed by atoms with Crippen molar-refractivity contribution in [3.8, 4) is 0 Å². The summed E-state index contributed by atoms with van der Waals surface area (Å²) in [7, 11) is 1.70. The van der Waals surface area contributed by atoms with Crippen LogP contribution in [-0.2, 0) is 16.6 Å². The van der Waals surface area contributed by atoms with E-state index in [0.717, 1.165) is 0 Å². The summed E-state index contributed by atoms with van der Waals surface area (Å²) in [5.41, 5.74) is 6.23. The Hall–Kier alpha value is -2.19. The van der Waals surface area contributed by atoms with Crippen LogP contribution in [0.1, 0.15) is 0 Å². The molecule has 0 atom stereocenters. The fraction of sp³-hybridized carbons (Fsp3) is 0.250. The number of nitrogens with zero attached hydrogens (tertiary/aromatic N) is 2. The molecule has 0 saturated heterocycles. The number of aryl methyl sites for hydroxylation is 1. The Morgan fingerprint density at radius 2 is 2.10 bits per heavy atom. The van der Waals surface area contributed by atoms with Gasteiger partial charge in [-0.2, -0.15) is 0 Å². The van der Waals surface area contributed by atoms with Crippen LogP contribution in [0.3, 0.4) is 0 Å². The molecule has 4 N–H and O–H groups in total. The third kappa shape index (κ3) is 3.89. The van der Waals surface area contributed by atoms with Gasteiger partial charge in [0.05, 0.1) is 24.1 Å². The van der Waals surface area contributed by atoms with Gasteiger partial charge in [-0.05, 0) is 12.1 Å². The number of amides is 2. The molecule has 0 aliphatic heterocycles. The second kappa shape index (κ2) is 7.00. The van der Waals surface area contributed by atoms with Gasteiger partial charge in [0.2, 0.25) is 17.8 Å². The Morgan fingerprint density at radius 1 is 1.38 bits per heavy atom. The molecule has 0 aliphatic carbocycles. The van der Waals surface area contributed by atoms with E-state index in [4.69, 9.17) is 5.73 Å². The fourth-order valence-electron chi connectivity index (χ4n) is 1.70. The zero-order valence-electron chi connectivity index (χ0n) is 11.2. The first-order valence-electron chi connectivity index (χ1n) is 5.90. The summed E-state index contributed by atoms with van der Waals surface area (Å²) < 4.78 is 14.7. The summed E-state index contributed by atoms with van der Waals surface area (Å²) in [6.07, 6.45) is 0. The van der Waals surface area contributed by atoms with Crippen LogP contribution in [0.4, 0.5) is 10.3 Å². The maximum Gasteiger partial charge on any atom is 0.246 e. The smallest absolute Gasteiger partial charge is 0.246 e. The topological polar surface area (TPSA) is 102 Å². The highest BCUT2D eigenvalue weighted by Gasteiger charge is 2.11. The molecular weight excluding hydrogens is 301 g/mol. The van der Waals surface area contributed by atoms with Gasteiger partial charge in [0.25, 0.3) is 0 Å². The van der Waals surface area contributed by atoms with E-state index in [2.05, 4.69) is 15.6 Å². The summed E-state index contributed by atoms with van der Waals surface area (Å²) in [4.78, 5) is 26.7. The molecule has 1 heterocycles. The standard InChI is InChI=1S/C12H14FN5O2.ClH/c1-18-9-3-2-7(13)4-8(9)16-12(18)17-11(20)6-15-10(19)5-14;/h2-4H,5-6,14H2,1H3,(H,15,19)(H,16,17,20);1H. The molecule has 21 heavy (non-hydrogen) atoms. The zero-order chi connectivity index (χ0) is 14.7. The molecule has 0 radical (unpaired) electrons. The van der Waals surface area contributed by atoms with Crippen molar-refractivity contribution < 1.29 is 14.0 Å². The van der Waals surface area contributed by atoms with E-state index in [0.29, 0.717) is 11.0 Å². The SMILES string of the molecule is Cl.Cn1c(NC(=O)CNC(=O)CN)nc2cc(F)ccc21. The molecule has 1 aromatic heterocycles. The van der Waals surface area contributed by atoms with Crippen LogP contribution < -0.4 is 16.4 Å². The summed E-state index contributed by atoms with van der Waals surface area (Å²) in [6, 6.07) is 4.17. The van der Waals surface area contributed by atoms with E-state index >= 15 is 0 Å². The van der Waals surface area contributed by atoms with E-state index in [1.807, 2.05) is 0 Å². The van der Waals surface area contributed by atoms with Crippen molar-refractivity contribution in [2.75, 3.05) is 18.4 Å². The molecule has 0 fully saturated rings. The fourth-order valence-corrected chi connectivity index (χ4v) is 1.70. The monoisotopic (exact) mass is 315 g/mol. The summed E-state index contributed by atoms with van der Waals surface area (Å²) in [5, 5.41) is 4.88. The highest BCUT2D eigenvalue weighted by Crippen LogP contribution is 2.18. The van der Waals surface area contributed by atoms with Gasteiger partial charge in [-0.3, -0.25) is 14.9 Å². The molecule has 7 nitrogen and oxygen atoms in total. The molecule has 0 saturated carbocycles. The number of imidazole rings is 1. The predicted octanol–water partition coefficient (Wildman–Crippen LogP) is 0.148. The summed E-state index contributed by atoms with van der Waals surface area (Å²) in [6.45, 7) is -0.382. The number of carbonyl (C=O) groups excluding carboxylic acids is 2. The molecule has 0 unspecified atom stereocenters. The highest BCUT2D eigenvalue weighted by molar-refractivity contribution is 5.95. The van der Waals surface area contributed by atoms with Gasteiger partial charge >= 0.3 is 0 Å². The Morgan fingerprint density at radius 3 is 2.76 bits per heavy atom. The number of nitrogens with two attached hydrogens (primary N) is 1. The van der Waals surface area contributed by atoms with Crippen molar-refractivity contribution in [3.63, 3.8) is 0 Å². The quantitative estimate of drug-likeness (QED) is 0.747. The number of carbonyl (C=O) groups is 2. The average Bonchev–Trinajstić information content (AvgIpc) is 2.72. The normalized spacial score (nSPS) is 10.0. The number of hydrogen-bond acceptors (Lipinski definition) is 4. The van der Waals surface area contributed by atoms with E-state index in [1.165, 1.54) is 12.1 Å². The van der Waals surface area contributed by atoms with E-state index < -0.39 is 17.6 Å². The van der Waals surface area contributed by atoms with Crippen LogP contribution in [0.5, 0.6) is 0 Å². The number of fused-ring (bicyclic) bond motifs is 1. The molecule has 9 heteroatoms. The first kappa shape index (κ1) is 16.9. The minimum Gasteiger partial charge on any atom is -0.346 e. The number of anilines is 1. The number of benzene rings is 1. The number of aromatic nitrogens is 2. The van der Waals surface area contributed by atoms with Crippen molar-refractivity contribution in [2.24, 2.45) is 12.8 Å². The maximum absolute atomic E-state index is 13.1. The van der Waals surface area contributed by atoms with Crippen LogP contribution in [-0.4, -0.2) is 34.5 Å². The zero-order valence-corrected chi connectivity index (χ0v) is 12.0. The Balaban J connectivity index is 0.00000220. The van der Waals surface area contributed by atoms with Crippen LogP contribution in [0.25, 0.3) is 11.0 Å². The summed E-state index contributed by atoms with van der Waals surface area (Å²) in [5.74, 6) is -0.987. The lowest BCUT2D eigenvalue weighted by Crippen LogP contribution is -2.36. The van der Waals surface area contributed by atoms with Crippen LogP contribution in [0, 0.1) is 5.82 Å². The number of nitrogens with one attached hydrogen (secondary N) is 2. The lowest BCUT2D eigenvalue weighted by molar-refractivity contribution is -0.123. The summed E-state index contributed by atoms with van der Waals surface area (Å²) >= 11 is 0. The van der Waals surface area contributed by atoms with Gasteiger partial charge in [0.15, 0.2) is 0 Å². The van der Waals surface area contributed by atoms with Gasteiger partial charge in [-0.1, -0.05) is 0 Å². The number of hydrogen-bond donors (Lipinski definition) is 3. The maximum atomic E-state index is 13.1. The molecule has 2 amide bonds. The van der Waals surface area contributed by atoms with Gasteiger partial charge in [-0.15, -0.1) is 12.4 Å². The molecule has 0 aliphatic rings. The average molecular weight is 316 g/mol. The lowest BCUT2D eigenvalue weighted by atomic mass is 10.3. The first-order chi connectivity index (χ1) is 9.51. The number of halogens is 2. The van der Waals surface area contributed by atoms with Crippen molar-refractivity contribution in [1.29, 1.82) is 0 Å². The molecule has 0 spiro atoms. The molecule has 114 valence electrons. The second-order valence-electron chi connectivity index (χ2n) is 4.16. The second-order valence-corrected chi connectivity index (χ2v) is 4.16. The van der Waals surface area contributed by atoms with Gasteiger partial charge in [0.1, 0.15) is 5.82 Å². The van der Waals surface area contributed by atoms with E-state index in [-0.39, 0.29) is 31.4 Å². The van der Waals surface area contributed by atoms with E-state index in [1.54, 1.807) is 17.7 Å². The van der Waals surface area contributed by atoms with Crippen LogP contribution in [0.15, 0.2) is 18.2 Å². The van der Waals surface area contributed by atoms with Gasteiger partial charge < -0.3 is 15.6 Å². The number of rotatable bonds is 4. The van der Waals surface area contributed by atoms with Gasteiger partial charge in [0, 0.05) is 13.1 Å². The van der Waals surface area contributed by atoms with Crippen LogP contribution >= 0.6 is 12.4 Å². The minimum atomic E-state index is -0.439. The van der Waals surface area contributed by atoms with Crippen molar-refractivity contribution in [2.45, 2.75) is 0 Å². The molecule has 2 rings (SSSR count). The molecule has 2 aromatic rings. The van der Waals surface area contributed by atoms with Crippen molar-refractivity contribution in [1.82, 2.24) is 14.9 Å². The minimum absolute atomic E-state index is 0. The Kier molecular flexibility index (Phi) is 5.62. The largest absolute Gasteiger partial charge is 0.346 e. The van der Waals surface area contributed by atoms with Gasteiger partial charge in [-0.25, -0.2) is 9.37 Å².